The molecule has 5 nitrogen and oxygen atoms in total. The van der Waals surface area contributed by atoms with E-state index in [4.69, 9.17) is 5.11 Å². The predicted octanol–water partition coefficient (Wildman–Crippen LogP) is 2.41. The summed E-state index contributed by atoms with van der Waals surface area (Å²) < 4.78 is 0. The Labute approximate surface area is 120 Å². The number of carboxylic acids is 1. The molecule has 1 atom stereocenters. The van der Waals surface area contributed by atoms with Crippen molar-refractivity contribution < 1.29 is 14.7 Å². The van der Waals surface area contributed by atoms with Crippen molar-refractivity contribution >= 4 is 12.0 Å². The fourth-order valence-electron chi connectivity index (χ4n) is 3.36. The van der Waals surface area contributed by atoms with E-state index in [9.17, 15) is 9.59 Å². The van der Waals surface area contributed by atoms with Gasteiger partial charge in [-0.3, -0.25) is 4.79 Å². The highest BCUT2D eigenvalue weighted by Crippen LogP contribution is 2.27. The first-order valence-electron chi connectivity index (χ1n) is 7.73. The van der Waals surface area contributed by atoms with E-state index in [0.29, 0.717) is 25.6 Å². The molecule has 0 bridgehead atoms. The van der Waals surface area contributed by atoms with Gasteiger partial charge in [-0.05, 0) is 44.4 Å². The number of carbonyl (C=O) groups excluding carboxylic acids is 1. The smallest absolute Gasteiger partial charge is 0.320 e. The van der Waals surface area contributed by atoms with Crippen LogP contribution in [0.25, 0.3) is 0 Å². The molecule has 2 rings (SSSR count). The zero-order valence-corrected chi connectivity index (χ0v) is 12.5. The van der Waals surface area contributed by atoms with Crippen LogP contribution in [-0.4, -0.2) is 53.1 Å². The number of likely N-dealkylation sites (tertiary alicyclic amines) is 1. The van der Waals surface area contributed by atoms with Crippen molar-refractivity contribution in [1.29, 1.82) is 0 Å². The minimum absolute atomic E-state index is 0.00973. The van der Waals surface area contributed by atoms with Gasteiger partial charge < -0.3 is 14.9 Å². The van der Waals surface area contributed by atoms with Crippen LogP contribution < -0.4 is 0 Å². The van der Waals surface area contributed by atoms with Gasteiger partial charge in [0.25, 0.3) is 0 Å². The molecule has 2 aliphatic rings. The molecule has 0 radical (unpaired) electrons. The molecule has 0 aromatic heterocycles. The van der Waals surface area contributed by atoms with Crippen LogP contribution in [0, 0.1) is 11.8 Å². The van der Waals surface area contributed by atoms with Gasteiger partial charge in [0.15, 0.2) is 0 Å². The van der Waals surface area contributed by atoms with Crippen LogP contribution in [0.5, 0.6) is 0 Å². The molecule has 1 aliphatic carbocycles. The van der Waals surface area contributed by atoms with Crippen molar-refractivity contribution in [3.05, 3.63) is 0 Å². The normalized spacial score (nSPS) is 30.9. The Morgan fingerprint density at radius 1 is 1.15 bits per heavy atom. The van der Waals surface area contributed by atoms with E-state index < -0.39 is 11.9 Å². The number of urea groups is 1. The number of hydrogen-bond donors (Lipinski definition) is 1. The molecule has 1 saturated carbocycles. The zero-order chi connectivity index (χ0) is 14.7. The Morgan fingerprint density at radius 3 is 2.40 bits per heavy atom. The van der Waals surface area contributed by atoms with Crippen LogP contribution in [0.15, 0.2) is 0 Å². The second kappa shape index (κ2) is 6.46. The lowest BCUT2D eigenvalue weighted by Crippen LogP contribution is -2.51. The maximum Gasteiger partial charge on any atom is 0.320 e. The molecule has 0 spiro atoms. The average molecular weight is 282 g/mol. The van der Waals surface area contributed by atoms with Gasteiger partial charge >= 0.3 is 12.0 Å². The fraction of sp³-hybridized carbons (Fsp3) is 0.867. The summed E-state index contributed by atoms with van der Waals surface area (Å²) in [6.07, 6.45) is 5.97. The molecule has 1 N–H and O–H groups in total. The van der Waals surface area contributed by atoms with Crippen molar-refractivity contribution in [1.82, 2.24) is 9.80 Å². The molecular weight excluding hydrogens is 256 g/mol. The Kier molecular flexibility index (Phi) is 4.89. The van der Waals surface area contributed by atoms with E-state index in [1.807, 2.05) is 11.9 Å². The second-order valence-electron chi connectivity index (χ2n) is 6.43. The molecule has 1 heterocycles. The van der Waals surface area contributed by atoms with Crippen LogP contribution in [0.1, 0.15) is 45.4 Å². The molecule has 2 amide bonds. The van der Waals surface area contributed by atoms with Gasteiger partial charge in [-0.25, -0.2) is 4.79 Å². The lowest BCUT2D eigenvalue weighted by Gasteiger charge is -2.39. The molecule has 2 fully saturated rings. The maximum atomic E-state index is 12.5. The topological polar surface area (TPSA) is 60.9 Å². The van der Waals surface area contributed by atoms with Gasteiger partial charge in [-0.1, -0.05) is 6.92 Å². The highest BCUT2D eigenvalue weighted by Gasteiger charge is 2.32. The van der Waals surface area contributed by atoms with E-state index in [-0.39, 0.29) is 6.03 Å². The largest absolute Gasteiger partial charge is 0.481 e. The molecule has 114 valence electrons. The minimum atomic E-state index is -0.781. The summed E-state index contributed by atoms with van der Waals surface area (Å²) in [5.74, 6) is -0.412. The lowest BCUT2D eigenvalue weighted by atomic mass is 9.87. The van der Waals surface area contributed by atoms with Crippen molar-refractivity contribution in [2.45, 2.75) is 51.5 Å². The van der Waals surface area contributed by atoms with Crippen molar-refractivity contribution in [2.24, 2.45) is 11.8 Å². The Hall–Kier alpha value is -1.26. The molecule has 5 heteroatoms. The number of nitrogens with zero attached hydrogens (tertiary/aromatic N) is 2. The number of rotatable bonds is 2. The standard InChI is InChI=1S/C15H26N2O3/c1-11-5-7-13(8-6-11)16(2)15(20)17-9-3-4-12(10-17)14(18)19/h11-13H,3-10H2,1-2H3,(H,18,19)/t11?,12-,13?/m1/s1. The predicted molar refractivity (Wildman–Crippen MR) is 76.5 cm³/mol. The first kappa shape index (κ1) is 15.1. The third-order valence-electron chi connectivity index (χ3n) is 4.88. The lowest BCUT2D eigenvalue weighted by molar-refractivity contribution is -0.143. The molecule has 0 unspecified atom stereocenters. The Morgan fingerprint density at radius 2 is 1.80 bits per heavy atom. The average Bonchev–Trinajstić information content (AvgIpc) is 2.46. The van der Waals surface area contributed by atoms with Gasteiger partial charge in [0.1, 0.15) is 0 Å². The molecule has 1 saturated heterocycles. The summed E-state index contributed by atoms with van der Waals surface area (Å²) >= 11 is 0. The summed E-state index contributed by atoms with van der Waals surface area (Å²) in [5.41, 5.74) is 0. The van der Waals surface area contributed by atoms with Crippen LogP contribution >= 0.6 is 0 Å². The van der Waals surface area contributed by atoms with E-state index >= 15 is 0 Å². The number of hydrogen-bond acceptors (Lipinski definition) is 2. The van der Waals surface area contributed by atoms with Crippen LogP contribution in [0.4, 0.5) is 4.79 Å². The highest BCUT2D eigenvalue weighted by atomic mass is 16.4. The van der Waals surface area contributed by atoms with Gasteiger partial charge in [-0.2, -0.15) is 0 Å². The second-order valence-corrected chi connectivity index (χ2v) is 6.43. The quantitative estimate of drug-likeness (QED) is 0.846. The van der Waals surface area contributed by atoms with Crippen molar-refractivity contribution in [3.8, 4) is 0 Å². The number of carbonyl (C=O) groups is 2. The highest BCUT2D eigenvalue weighted by molar-refractivity contribution is 5.76. The van der Waals surface area contributed by atoms with E-state index in [0.717, 1.165) is 25.2 Å². The summed E-state index contributed by atoms with van der Waals surface area (Å²) in [7, 11) is 1.87. The number of piperidine rings is 1. The molecule has 1 aliphatic heterocycles. The van der Waals surface area contributed by atoms with Gasteiger partial charge in [0.2, 0.25) is 0 Å². The molecular formula is C15H26N2O3. The van der Waals surface area contributed by atoms with E-state index in [1.54, 1.807) is 4.90 Å². The van der Waals surface area contributed by atoms with Gasteiger partial charge in [0.05, 0.1) is 5.92 Å². The Bertz CT molecular complexity index is 364. The number of amides is 2. The molecule has 0 aromatic rings. The first-order valence-corrected chi connectivity index (χ1v) is 7.73. The number of aliphatic carboxylic acids is 1. The van der Waals surface area contributed by atoms with Crippen molar-refractivity contribution in [3.63, 3.8) is 0 Å². The molecule has 20 heavy (non-hydrogen) atoms. The maximum absolute atomic E-state index is 12.5. The number of carboxylic acid groups (broad SMARTS) is 1. The third kappa shape index (κ3) is 3.44. The van der Waals surface area contributed by atoms with Crippen LogP contribution in [-0.2, 0) is 4.79 Å². The summed E-state index contributed by atoms with van der Waals surface area (Å²) in [6, 6.07) is 0.333. The minimum Gasteiger partial charge on any atom is -0.481 e. The van der Waals surface area contributed by atoms with Crippen LogP contribution in [0.2, 0.25) is 0 Å². The van der Waals surface area contributed by atoms with Gasteiger partial charge in [-0.15, -0.1) is 0 Å². The zero-order valence-electron chi connectivity index (χ0n) is 12.5. The Balaban J connectivity index is 1.91. The molecule has 0 aromatic carbocycles. The van der Waals surface area contributed by atoms with E-state index in [2.05, 4.69) is 6.92 Å². The van der Waals surface area contributed by atoms with Crippen molar-refractivity contribution in [2.75, 3.05) is 20.1 Å². The fourth-order valence-corrected chi connectivity index (χ4v) is 3.36. The van der Waals surface area contributed by atoms with E-state index in [1.165, 1.54) is 12.8 Å². The SMILES string of the molecule is CC1CCC(N(C)C(=O)N2CCC[C@@H](C(=O)O)C2)CC1. The summed E-state index contributed by atoms with van der Waals surface area (Å²) in [6.45, 7) is 3.32. The monoisotopic (exact) mass is 282 g/mol. The third-order valence-corrected chi connectivity index (χ3v) is 4.88. The first-order chi connectivity index (χ1) is 9.49. The summed E-state index contributed by atoms with van der Waals surface area (Å²) in [4.78, 5) is 27.2. The summed E-state index contributed by atoms with van der Waals surface area (Å²) in [5, 5.41) is 9.10. The van der Waals surface area contributed by atoms with Gasteiger partial charge in [0, 0.05) is 26.2 Å². The van der Waals surface area contributed by atoms with Crippen LogP contribution in [0.3, 0.4) is 0 Å².